The van der Waals surface area contributed by atoms with Gasteiger partial charge in [-0.25, -0.2) is 9.98 Å². The van der Waals surface area contributed by atoms with Gasteiger partial charge in [0, 0.05) is 6.04 Å². The zero-order valence-corrected chi connectivity index (χ0v) is 21.9. The van der Waals surface area contributed by atoms with Crippen LogP contribution in [0.3, 0.4) is 0 Å². The van der Waals surface area contributed by atoms with Gasteiger partial charge in [0.15, 0.2) is 0 Å². The molecule has 2 aromatic rings. The van der Waals surface area contributed by atoms with Gasteiger partial charge in [0.1, 0.15) is 4.90 Å². The van der Waals surface area contributed by atoms with E-state index in [9.17, 15) is 25.9 Å². The smallest absolute Gasteiger partial charge is 0.296 e. The molecule has 4 rings (SSSR count). The van der Waals surface area contributed by atoms with Gasteiger partial charge in [-0.15, -0.1) is 11.3 Å². The number of hydrogen-bond donors (Lipinski definition) is 3. The van der Waals surface area contributed by atoms with E-state index in [1.807, 2.05) is 13.0 Å². The lowest BCUT2D eigenvalue weighted by Crippen LogP contribution is -2.19. The van der Waals surface area contributed by atoms with E-state index >= 15 is 0 Å². The topological polar surface area (TPSA) is 160 Å². The van der Waals surface area contributed by atoms with Crippen molar-refractivity contribution in [3.05, 3.63) is 65.5 Å². The molecule has 0 saturated heterocycles. The molecule has 0 bridgehead atoms. The lowest BCUT2D eigenvalue weighted by molar-refractivity contribution is 0.478. The van der Waals surface area contributed by atoms with E-state index in [4.69, 9.17) is 10.7 Å². The second kappa shape index (κ2) is 9.96. The average molecular weight is 548 g/mol. The Bertz CT molecular complexity index is 1700. The van der Waals surface area contributed by atoms with Crippen LogP contribution in [0.4, 0.5) is 5.69 Å². The van der Waals surface area contributed by atoms with Gasteiger partial charge in [-0.3, -0.25) is 9.11 Å². The minimum atomic E-state index is -4.69. The number of nitrogens with two attached hydrogens (primary N) is 1. The predicted octanol–water partition coefficient (Wildman–Crippen LogP) is 4.04. The zero-order valence-electron chi connectivity index (χ0n) is 19.5. The number of fused-ring (bicyclic) bond motifs is 2. The molecule has 2 atom stereocenters. The Morgan fingerprint density at radius 3 is 2.39 bits per heavy atom. The molecule has 12 heteroatoms. The molecule has 0 aromatic heterocycles. The monoisotopic (exact) mass is 547 g/mol. The van der Waals surface area contributed by atoms with Crippen molar-refractivity contribution in [1.29, 1.82) is 0 Å². The van der Waals surface area contributed by atoms with Crippen molar-refractivity contribution in [2.24, 2.45) is 16.6 Å². The number of benzene rings is 3. The van der Waals surface area contributed by atoms with Crippen LogP contribution >= 0.6 is 11.3 Å². The fourth-order valence-corrected chi connectivity index (χ4v) is 6.17. The first-order valence-electron chi connectivity index (χ1n) is 11.0. The molecule has 36 heavy (non-hydrogen) atoms. The Balaban J connectivity index is 1.78. The van der Waals surface area contributed by atoms with E-state index in [1.54, 1.807) is 18.2 Å². The molecule has 2 aromatic carbocycles. The van der Waals surface area contributed by atoms with Crippen molar-refractivity contribution in [2.45, 2.75) is 42.5 Å². The van der Waals surface area contributed by atoms with Crippen LogP contribution in [0.5, 0.6) is 0 Å². The Morgan fingerprint density at radius 1 is 0.972 bits per heavy atom. The SMILES string of the molecule is CC(N)CC(C)Cc1ccc2sc3cc(=Nc4cc(S(=O)(=O)O)ccc4S(=O)(=O)O)ccc-3nc2c1. The van der Waals surface area contributed by atoms with Gasteiger partial charge >= 0.3 is 0 Å². The van der Waals surface area contributed by atoms with Crippen molar-refractivity contribution in [3.63, 3.8) is 0 Å². The highest BCUT2D eigenvalue weighted by Crippen LogP contribution is 2.31. The Morgan fingerprint density at radius 2 is 1.72 bits per heavy atom. The van der Waals surface area contributed by atoms with E-state index in [1.165, 1.54) is 16.9 Å². The summed E-state index contributed by atoms with van der Waals surface area (Å²) in [5, 5.41) is 0.318. The van der Waals surface area contributed by atoms with Crippen molar-refractivity contribution < 1.29 is 25.9 Å². The van der Waals surface area contributed by atoms with E-state index in [0.717, 1.165) is 46.1 Å². The molecule has 4 N–H and O–H groups in total. The van der Waals surface area contributed by atoms with E-state index in [-0.39, 0.29) is 11.7 Å². The molecule has 1 heterocycles. The molecule has 1 aliphatic heterocycles. The van der Waals surface area contributed by atoms with Gasteiger partial charge in [-0.2, -0.15) is 16.8 Å². The van der Waals surface area contributed by atoms with Crippen molar-refractivity contribution in [3.8, 4) is 10.6 Å². The van der Waals surface area contributed by atoms with E-state index in [0.29, 0.717) is 17.0 Å². The Kier molecular flexibility index (Phi) is 7.28. The van der Waals surface area contributed by atoms with Crippen LogP contribution in [0.25, 0.3) is 20.8 Å². The highest BCUT2D eigenvalue weighted by molar-refractivity contribution is 7.86. The number of aromatic nitrogens is 1. The standard InChI is InChI=1S/C24H25N3O6S3/c1-14(9-15(2)25)10-16-3-7-22-20(11-16)27-19-6-4-17(12-23(19)34-22)26-21-13-18(35(28,29)30)5-8-24(21)36(31,32)33/h3-8,11-15H,9-10,25H2,1-2H3,(H,28,29,30)(H,31,32,33). The first-order chi connectivity index (χ1) is 16.8. The summed E-state index contributed by atoms with van der Waals surface area (Å²) in [6, 6.07) is 14.0. The molecular weight excluding hydrogens is 522 g/mol. The normalized spacial score (nSPS) is 14.9. The minimum absolute atomic E-state index is 0.147. The summed E-state index contributed by atoms with van der Waals surface area (Å²) in [7, 11) is -9.30. The van der Waals surface area contributed by atoms with Gasteiger partial charge in [0.05, 0.1) is 36.7 Å². The lowest BCUT2D eigenvalue weighted by Gasteiger charge is -2.14. The van der Waals surface area contributed by atoms with Gasteiger partial charge in [-0.05, 0) is 79.8 Å². The third-order valence-corrected chi connectivity index (χ3v) is 8.40. The molecule has 0 radical (unpaired) electrons. The van der Waals surface area contributed by atoms with Crippen molar-refractivity contribution in [1.82, 2.24) is 4.98 Å². The van der Waals surface area contributed by atoms with Crippen LogP contribution in [-0.2, 0) is 26.7 Å². The van der Waals surface area contributed by atoms with Gasteiger partial charge in [0.2, 0.25) is 0 Å². The molecule has 190 valence electrons. The first kappa shape index (κ1) is 26.3. The molecular formula is C24H25N3O6S3. The Labute approximate surface area is 213 Å². The molecule has 2 aliphatic rings. The molecule has 2 unspecified atom stereocenters. The van der Waals surface area contributed by atoms with Gasteiger partial charge < -0.3 is 5.73 Å². The summed E-state index contributed by atoms with van der Waals surface area (Å²) in [6.07, 6.45) is 1.84. The van der Waals surface area contributed by atoms with Crippen molar-refractivity contribution in [2.75, 3.05) is 0 Å². The maximum atomic E-state index is 11.8. The average Bonchev–Trinajstić information content (AvgIpc) is 2.75. The summed E-state index contributed by atoms with van der Waals surface area (Å²) in [6.45, 7) is 4.18. The summed E-state index contributed by atoms with van der Waals surface area (Å²) in [5.74, 6) is 0.447. The number of nitrogens with zero attached hydrogens (tertiary/aromatic N) is 2. The molecule has 0 saturated carbocycles. The molecule has 0 fully saturated rings. The second-order valence-electron chi connectivity index (χ2n) is 8.88. The van der Waals surface area contributed by atoms with Crippen LogP contribution in [-0.4, -0.2) is 37.0 Å². The molecule has 1 aliphatic carbocycles. The van der Waals surface area contributed by atoms with Crippen LogP contribution in [0.2, 0.25) is 0 Å². The summed E-state index contributed by atoms with van der Waals surface area (Å²) in [4.78, 5) is 8.64. The molecule has 9 nitrogen and oxygen atoms in total. The van der Waals surface area contributed by atoms with E-state index < -0.39 is 30.0 Å². The maximum absolute atomic E-state index is 11.8. The van der Waals surface area contributed by atoms with Crippen LogP contribution < -0.4 is 11.1 Å². The maximum Gasteiger partial charge on any atom is 0.296 e. The third-order valence-electron chi connectivity index (χ3n) is 5.54. The Hall–Kier alpha value is -2.74. The van der Waals surface area contributed by atoms with Crippen LogP contribution in [0, 0.1) is 5.92 Å². The first-order valence-corrected chi connectivity index (χ1v) is 14.7. The second-order valence-corrected chi connectivity index (χ2v) is 12.8. The summed E-state index contributed by atoms with van der Waals surface area (Å²) < 4.78 is 66.4. The van der Waals surface area contributed by atoms with Gasteiger partial charge in [-0.1, -0.05) is 13.0 Å². The summed E-state index contributed by atoms with van der Waals surface area (Å²) in [5.41, 5.74) is 8.35. The lowest BCUT2D eigenvalue weighted by atomic mass is 9.95. The van der Waals surface area contributed by atoms with Crippen molar-refractivity contribution >= 4 is 47.5 Å². The highest BCUT2D eigenvalue weighted by atomic mass is 32.2. The zero-order chi connectivity index (χ0) is 26.3. The largest absolute Gasteiger partial charge is 0.328 e. The molecule has 0 spiro atoms. The number of rotatable bonds is 7. The third kappa shape index (κ3) is 6.14. The highest BCUT2D eigenvalue weighted by Gasteiger charge is 2.19. The fraction of sp³-hybridized carbons (Fsp3) is 0.250. The molecule has 0 amide bonds. The van der Waals surface area contributed by atoms with E-state index in [2.05, 4.69) is 24.0 Å². The number of hydrogen-bond acceptors (Lipinski definition) is 8. The summed E-state index contributed by atoms with van der Waals surface area (Å²) >= 11 is 1.49. The minimum Gasteiger partial charge on any atom is -0.328 e. The van der Waals surface area contributed by atoms with Crippen LogP contribution in [0.1, 0.15) is 25.8 Å². The van der Waals surface area contributed by atoms with Crippen LogP contribution in [0.15, 0.2) is 69.4 Å². The fourth-order valence-electron chi connectivity index (χ4n) is 4.08. The van der Waals surface area contributed by atoms with Gasteiger partial charge in [0.25, 0.3) is 20.2 Å². The predicted molar refractivity (Wildman–Crippen MR) is 139 cm³/mol. The quantitative estimate of drug-likeness (QED) is 0.231.